The van der Waals surface area contributed by atoms with Crippen molar-refractivity contribution in [2.75, 3.05) is 13.1 Å². The molecule has 19 heavy (non-hydrogen) atoms. The number of nitrogens with one attached hydrogen (secondary N) is 2. The molecule has 1 aromatic carbocycles. The molecule has 4 nitrogen and oxygen atoms in total. The van der Waals surface area contributed by atoms with Crippen LogP contribution in [0.15, 0.2) is 24.3 Å². The lowest BCUT2D eigenvalue weighted by atomic mass is 10.1. The standard InChI is InChI=1S/C15H24N2O2/c1-3-14(18)9-11-17-15(19)16-10-8-13-7-5-4-6-12(13)2/h4-7,14,18H,3,8-11H2,1-2H3,(H2,16,17,19). The lowest BCUT2D eigenvalue weighted by molar-refractivity contribution is 0.160. The summed E-state index contributed by atoms with van der Waals surface area (Å²) >= 11 is 0. The Bertz CT molecular complexity index is 393. The molecule has 1 unspecified atom stereocenters. The van der Waals surface area contributed by atoms with Gasteiger partial charge in [-0.2, -0.15) is 0 Å². The van der Waals surface area contributed by atoms with E-state index < -0.39 is 0 Å². The summed E-state index contributed by atoms with van der Waals surface area (Å²) in [5.74, 6) is 0. The number of carbonyl (C=O) groups excluding carboxylic acids is 1. The second-order valence-corrected chi connectivity index (χ2v) is 4.71. The predicted molar refractivity (Wildman–Crippen MR) is 77.2 cm³/mol. The van der Waals surface area contributed by atoms with Crippen molar-refractivity contribution in [1.29, 1.82) is 0 Å². The Hall–Kier alpha value is -1.55. The van der Waals surface area contributed by atoms with Gasteiger partial charge in [-0.1, -0.05) is 31.2 Å². The zero-order chi connectivity index (χ0) is 14.1. The summed E-state index contributed by atoms with van der Waals surface area (Å²) in [6.07, 6.45) is 1.82. The fraction of sp³-hybridized carbons (Fsp3) is 0.533. The molecular formula is C15H24N2O2. The fourth-order valence-corrected chi connectivity index (χ4v) is 1.82. The van der Waals surface area contributed by atoms with Crippen LogP contribution in [0.2, 0.25) is 0 Å². The summed E-state index contributed by atoms with van der Waals surface area (Å²) in [5, 5.41) is 14.9. The van der Waals surface area contributed by atoms with E-state index in [1.807, 2.05) is 19.1 Å². The Labute approximate surface area is 115 Å². The number of hydrogen-bond acceptors (Lipinski definition) is 2. The van der Waals surface area contributed by atoms with E-state index in [0.717, 1.165) is 12.8 Å². The first-order valence-corrected chi connectivity index (χ1v) is 6.87. The maximum absolute atomic E-state index is 11.5. The number of carbonyl (C=O) groups is 1. The van der Waals surface area contributed by atoms with E-state index in [9.17, 15) is 9.90 Å². The van der Waals surface area contributed by atoms with E-state index in [2.05, 4.69) is 29.7 Å². The summed E-state index contributed by atoms with van der Waals surface area (Å²) in [5.41, 5.74) is 2.50. The minimum Gasteiger partial charge on any atom is -0.393 e. The third-order valence-electron chi connectivity index (χ3n) is 3.18. The van der Waals surface area contributed by atoms with Gasteiger partial charge in [0.25, 0.3) is 0 Å². The highest BCUT2D eigenvalue weighted by Crippen LogP contribution is 2.06. The number of hydrogen-bond donors (Lipinski definition) is 3. The minimum absolute atomic E-state index is 0.170. The number of urea groups is 1. The molecule has 0 aliphatic heterocycles. The van der Waals surface area contributed by atoms with Gasteiger partial charge in [-0.3, -0.25) is 0 Å². The number of benzene rings is 1. The SMILES string of the molecule is CCC(O)CCNC(=O)NCCc1ccccc1C. The van der Waals surface area contributed by atoms with Crippen molar-refractivity contribution < 1.29 is 9.90 Å². The second-order valence-electron chi connectivity index (χ2n) is 4.71. The molecule has 0 aliphatic carbocycles. The van der Waals surface area contributed by atoms with Crippen LogP contribution >= 0.6 is 0 Å². The van der Waals surface area contributed by atoms with Gasteiger partial charge in [0.1, 0.15) is 0 Å². The van der Waals surface area contributed by atoms with Crippen LogP contribution in [0.4, 0.5) is 4.79 Å². The predicted octanol–water partition coefficient (Wildman–Crippen LogP) is 2.00. The topological polar surface area (TPSA) is 61.4 Å². The molecule has 1 atom stereocenters. The Morgan fingerprint density at radius 2 is 1.95 bits per heavy atom. The van der Waals surface area contributed by atoms with Crippen LogP contribution in [0.25, 0.3) is 0 Å². The molecule has 1 rings (SSSR count). The van der Waals surface area contributed by atoms with Gasteiger partial charge < -0.3 is 15.7 Å². The maximum atomic E-state index is 11.5. The van der Waals surface area contributed by atoms with Gasteiger partial charge >= 0.3 is 6.03 Å². The van der Waals surface area contributed by atoms with Crippen molar-refractivity contribution in [3.8, 4) is 0 Å². The van der Waals surface area contributed by atoms with Crippen LogP contribution in [-0.4, -0.2) is 30.3 Å². The largest absolute Gasteiger partial charge is 0.393 e. The Balaban J connectivity index is 2.15. The Kier molecular flexibility index (Phi) is 6.97. The molecule has 0 aromatic heterocycles. The van der Waals surface area contributed by atoms with Crippen molar-refractivity contribution >= 4 is 6.03 Å². The van der Waals surface area contributed by atoms with Crippen LogP contribution in [-0.2, 0) is 6.42 Å². The van der Waals surface area contributed by atoms with Gasteiger partial charge in [0.15, 0.2) is 0 Å². The molecule has 0 saturated carbocycles. The first-order valence-electron chi connectivity index (χ1n) is 6.87. The van der Waals surface area contributed by atoms with Crippen LogP contribution in [0.1, 0.15) is 30.9 Å². The molecule has 0 heterocycles. The third kappa shape index (κ3) is 6.25. The lowest BCUT2D eigenvalue weighted by Gasteiger charge is -2.10. The average Bonchev–Trinajstić information content (AvgIpc) is 2.40. The molecular weight excluding hydrogens is 240 g/mol. The summed E-state index contributed by atoms with van der Waals surface area (Å²) < 4.78 is 0. The highest BCUT2D eigenvalue weighted by Gasteiger charge is 2.03. The highest BCUT2D eigenvalue weighted by molar-refractivity contribution is 5.73. The van der Waals surface area contributed by atoms with Crippen LogP contribution in [0, 0.1) is 6.92 Å². The smallest absolute Gasteiger partial charge is 0.314 e. The zero-order valence-electron chi connectivity index (χ0n) is 11.8. The summed E-state index contributed by atoms with van der Waals surface area (Å²) in [4.78, 5) is 11.5. The summed E-state index contributed by atoms with van der Waals surface area (Å²) in [7, 11) is 0. The van der Waals surface area contributed by atoms with E-state index in [1.54, 1.807) is 0 Å². The van der Waals surface area contributed by atoms with Crippen molar-refractivity contribution in [3.63, 3.8) is 0 Å². The van der Waals surface area contributed by atoms with Gasteiger partial charge in [0.05, 0.1) is 6.10 Å². The molecule has 0 aliphatic rings. The third-order valence-corrected chi connectivity index (χ3v) is 3.18. The van der Waals surface area contributed by atoms with Gasteiger partial charge in [0, 0.05) is 13.1 Å². The molecule has 2 amide bonds. The zero-order valence-corrected chi connectivity index (χ0v) is 11.8. The maximum Gasteiger partial charge on any atom is 0.314 e. The molecule has 1 aromatic rings. The van der Waals surface area contributed by atoms with Crippen LogP contribution in [0.5, 0.6) is 0 Å². The number of aliphatic hydroxyl groups is 1. The van der Waals surface area contributed by atoms with Gasteiger partial charge in [-0.25, -0.2) is 4.79 Å². The van der Waals surface area contributed by atoms with Gasteiger partial charge in [-0.05, 0) is 37.3 Å². The first-order chi connectivity index (χ1) is 9.13. The van der Waals surface area contributed by atoms with Crippen LogP contribution in [0.3, 0.4) is 0 Å². The fourth-order valence-electron chi connectivity index (χ4n) is 1.82. The Morgan fingerprint density at radius 1 is 1.26 bits per heavy atom. The monoisotopic (exact) mass is 264 g/mol. The average molecular weight is 264 g/mol. The lowest BCUT2D eigenvalue weighted by Crippen LogP contribution is -2.37. The molecule has 4 heteroatoms. The molecule has 0 saturated heterocycles. The molecule has 106 valence electrons. The van der Waals surface area contributed by atoms with Gasteiger partial charge in [-0.15, -0.1) is 0 Å². The summed E-state index contributed by atoms with van der Waals surface area (Å²) in [6, 6.07) is 8.00. The van der Waals surface area contributed by atoms with E-state index >= 15 is 0 Å². The number of rotatable bonds is 7. The number of amides is 2. The highest BCUT2D eigenvalue weighted by atomic mass is 16.3. The quantitative estimate of drug-likeness (QED) is 0.705. The van der Waals surface area contributed by atoms with Crippen molar-refractivity contribution in [2.24, 2.45) is 0 Å². The molecule has 0 fully saturated rings. The van der Waals surface area contributed by atoms with E-state index in [1.165, 1.54) is 11.1 Å². The van der Waals surface area contributed by atoms with Crippen molar-refractivity contribution in [2.45, 2.75) is 39.2 Å². The minimum atomic E-state index is -0.327. The molecule has 0 radical (unpaired) electrons. The number of aryl methyl sites for hydroxylation is 1. The van der Waals surface area contributed by atoms with Crippen LogP contribution < -0.4 is 10.6 Å². The first kappa shape index (κ1) is 15.5. The van der Waals surface area contributed by atoms with E-state index in [-0.39, 0.29) is 12.1 Å². The molecule has 3 N–H and O–H groups in total. The normalized spacial score (nSPS) is 11.9. The van der Waals surface area contributed by atoms with E-state index in [4.69, 9.17) is 0 Å². The van der Waals surface area contributed by atoms with Crippen molar-refractivity contribution in [3.05, 3.63) is 35.4 Å². The second kappa shape index (κ2) is 8.53. The molecule has 0 bridgehead atoms. The van der Waals surface area contributed by atoms with Gasteiger partial charge in [0.2, 0.25) is 0 Å². The molecule has 0 spiro atoms. The van der Waals surface area contributed by atoms with Crippen molar-refractivity contribution in [1.82, 2.24) is 10.6 Å². The van der Waals surface area contributed by atoms with E-state index in [0.29, 0.717) is 19.5 Å². The number of aliphatic hydroxyl groups excluding tert-OH is 1. The summed E-state index contributed by atoms with van der Waals surface area (Å²) in [6.45, 7) is 5.12. The Morgan fingerprint density at radius 3 is 2.63 bits per heavy atom.